The summed E-state index contributed by atoms with van der Waals surface area (Å²) in [5.41, 5.74) is 6.63. The second kappa shape index (κ2) is 6.61. The van der Waals surface area contributed by atoms with Crippen LogP contribution in [0.25, 0.3) is 0 Å². The number of hydrogen-bond acceptors (Lipinski definition) is 3. The number of ether oxygens (including phenoxy) is 2. The van der Waals surface area contributed by atoms with Gasteiger partial charge in [0, 0.05) is 11.1 Å². The highest BCUT2D eigenvalue weighted by Crippen LogP contribution is 2.20. The van der Waals surface area contributed by atoms with E-state index < -0.39 is 5.91 Å². The third-order valence-electron chi connectivity index (χ3n) is 2.81. The topological polar surface area (TPSA) is 61.6 Å². The zero-order valence-electron chi connectivity index (χ0n) is 11.3. The van der Waals surface area contributed by atoms with Gasteiger partial charge < -0.3 is 15.2 Å². The lowest BCUT2D eigenvalue weighted by Crippen LogP contribution is -2.10. The maximum atomic E-state index is 11.0. The average molecular weight is 271 g/mol. The van der Waals surface area contributed by atoms with Crippen LogP contribution < -0.4 is 15.2 Å². The van der Waals surface area contributed by atoms with Crippen molar-refractivity contribution >= 4 is 5.91 Å². The van der Waals surface area contributed by atoms with Crippen molar-refractivity contribution in [3.63, 3.8) is 0 Å². The third kappa shape index (κ3) is 3.51. The monoisotopic (exact) mass is 271 g/mol. The Kier molecular flexibility index (Phi) is 4.60. The molecule has 0 aliphatic rings. The highest BCUT2D eigenvalue weighted by molar-refractivity contribution is 5.92. The lowest BCUT2D eigenvalue weighted by Gasteiger charge is -2.11. The minimum atomic E-state index is -0.446. The number of carbonyl (C=O) groups is 1. The summed E-state index contributed by atoms with van der Waals surface area (Å²) in [6.07, 6.45) is 0. The first-order chi connectivity index (χ1) is 9.70. The van der Waals surface area contributed by atoms with E-state index in [9.17, 15) is 4.79 Å². The largest absolute Gasteiger partial charge is 0.493 e. The quantitative estimate of drug-likeness (QED) is 0.878. The Morgan fingerprint density at radius 1 is 1.05 bits per heavy atom. The summed E-state index contributed by atoms with van der Waals surface area (Å²) in [6.45, 7) is 2.97. The van der Waals surface area contributed by atoms with Gasteiger partial charge >= 0.3 is 0 Å². The van der Waals surface area contributed by atoms with Crippen LogP contribution in [0.3, 0.4) is 0 Å². The van der Waals surface area contributed by atoms with Gasteiger partial charge in [0.2, 0.25) is 5.91 Å². The summed E-state index contributed by atoms with van der Waals surface area (Å²) >= 11 is 0. The number of hydrogen-bond donors (Lipinski definition) is 1. The fourth-order valence-corrected chi connectivity index (χ4v) is 1.80. The lowest BCUT2D eigenvalue weighted by molar-refractivity contribution is 0.100. The Bertz CT molecular complexity index is 579. The van der Waals surface area contributed by atoms with Crippen LogP contribution in [-0.2, 0) is 6.61 Å². The van der Waals surface area contributed by atoms with Gasteiger partial charge in [-0.2, -0.15) is 0 Å². The van der Waals surface area contributed by atoms with Crippen molar-refractivity contribution in [1.82, 2.24) is 0 Å². The van der Waals surface area contributed by atoms with Crippen LogP contribution in [0.15, 0.2) is 48.5 Å². The van der Waals surface area contributed by atoms with Crippen LogP contribution in [0, 0.1) is 0 Å². The van der Waals surface area contributed by atoms with Gasteiger partial charge in [-0.15, -0.1) is 0 Å². The Morgan fingerprint density at radius 3 is 2.40 bits per heavy atom. The van der Waals surface area contributed by atoms with Crippen LogP contribution in [-0.4, -0.2) is 12.5 Å². The average Bonchev–Trinajstić information content (AvgIpc) is 2.47. The number of carbonyl (C=O) groups excluding carboxylic acids is 1. The van der Waals surface area contributed by atoms with E-state index in [4.69, 9.17) is 15.2 Å². The van der Waals surface area contributed by atoms with E-state index in [-0.39, 0.29) is 0 Å². The Labute approximate surface area is 118 Å². The molecule has 0 fully saturated rings. The molecule has 0 unspecified atom stereocenters. The molecule has 0 aromatic heterocycles. The molecule has 0 atom stereocenters. The first-order valence-electron chi connectivity index (χ1n) is 6.44. The van der Waals surface area contributed by atoms with Gasteiger partial charge in [-0.1, -0.05) is 18.2 Å². The molecule has 0 aliphatic heterocycles. The fourth-order valence-electron chi connectivity index (χ4n) is 1.80. The molecule has 0 saturated heterocycles. The molecule has 4 heteroatoms. The van der Waals surface area contributed by atoms with Crippen molar-refractivity contribution in [2.24, 2.45) is 5.73 Å². The molecule has 2 aromatic carbocycles. The smallest absolute Gasteiger partial charge is 0.248 e. The normalized spacial score (nSPS) is 10.1. The molecule has 2 rings (SSSR count). The molecule has 4 nitrogen and oxygen atoms in total. The zero-order valence-corrected chi connectivity index (χ0v) is 11.3. The molecule has 0 saturated carbocycles. The minimum Gasteiger partial charge on any atom is -0.493 e. The van der Waals surface area contributed by atoms with Crippen molar-refractivity contribution in [3.05, 3.63) is 59.7 Å². The van der Waals surface area contributed by atoms with Crippen molar-refractivity contribution in [2.45, 2.75) is 13.5 Å². The van der Waals surface area contributed by atoms with E-state index in [1.165, 1.54) is 0 Å². The predicted molar refractivity (Wildman–Crippen MR) is 76.9 cm³/mol. The summed E-state index contributed by atoms with van der Waals surface area (Å²) in [5, 5.41) is 0. The molecule has 0 bridgehead atoms. The van der Waals surface area contributed by atoms with Crippen LogP contribution in [0.4, 0.5) is 0 Å². The van der Waals surface area contributed by atoms with Gasteiger partial charge in [-0.25, -0.2) is 0 Å². The third-order valence-corrected chi connectivity index (χ3v) is 2.81. The number of nitrogens with two attached hydrogens (primary N) is 1. The highest BCUT2D eigenvalue weighted by atomic mass is 16.5. The summed E-state index contributed by atoms with van der Waals surface area (Å²) in [6, 6.07) is 14.5. The molecule has 0 heterocycles. The standard InChI is InChI=1S/C16H17NO3/c1-2-19-15-6-4-3-5-13(15)11-20-14-9-7-12(8-10-14)16(17)18/h3-10H,2,11H2,1H3,(H2,17,18). The van der Waals surface area contributed by atoms with E-state index in [1.807, 2.05) is 31.2 Å². The molecular formula is C16H17NO3. The lowest BCUT2D eigenvalue weighted by atomic mass is 10.2. The minimum absolute atomic E-state index is 0.409. The van der Waals surface area contributed by atoms with Gasteiger partial charge in [0.15, 0.2) is 0 Å². The van der Waals surface area contributed by atoms with Crippen LogP contribution >= 0.6 is 0 Å². The molecule has 1 amide bonds. The van der Waals surface area contributed by atoms with Crippen LogP contribution in [0.5, 0.6) is 11.5 Å². The number of amides is 1. The van der Waals surface area contributed by atoms with Crippen molar-refractivity contribution < 1.29 is 14.3 Å². The van der Waals surface area contributed by atoms with Gasteiger partial charge in [-0.3, -0.25) is 4.79 Å². The molecule has 0 radical (unpaired) electrons. The van der Waals surface area contributed by atoms with Gasteiger partial charge in [0.1, 0.15) is 18.1 Å². The number of rotatable bonds is 6. The van der Waals surface area contributed by atoms with E-state index in [1.54, 1.807) is 24.3 Å². The number of primary amides is 1. The van der Waals surface area contributed by atoms with Crippen molar-refractivity contribution in [3.8, 4) is 11.5 Å². The SMILES string of the molecule is CCOc1ccccc1COc1ccc(C(N)=O)cc1. The molecule has 0 spiro atoms. The Morgan fingerprint density at radius 2 is 1.75 bits per heavy atom. The van der Waals surface area contributed by atoms with Crippen molar-refractivity contribution in [1.29, 1.82) is 0 Å². The molecular weight excluding hydrogens is 254 g/mol. The zero-order chi connectivity index (χ0) is 14.4. The Hall–Kier alpha value is -2.49. The summed E-state index contributed by atoms with van der Waals surface area (Å²) in [7, 11) is 0. The number of para-hydroxylation sites is 1. The second-order valence-corrected chi connectivity index (χ2v) is 4.22. The maximum absolute atomic E-state index is 11.0. The molecule has 0 aliphatic carbocycles. The van der Waals surface area contributed by atoms with Crippen LogP contribution in [0.1, 0.15) is 22.8 Å². The van der Waals surface area contributed by atoms with Gasteiger partial charge in [0.25, 0.3) is 0 Å². The van der Waals surface area contributed by atoms with E-state index in [2.05, 4.69) is 0 Å². The molecule has 2 N–H and O–H groups in total. The van der Waals surface area contributed by atoms with Gasteiger partial charge in [0.05, 0.1) is 6.61 Å². The molecule has 104 valence electrons. The first kappa shape index (κ1) is 13.9. The van der Waals surface area contributed by atoms with E-state index in [0.717, 1.165) is 11.3 Å². The summed E-state index contributed by atoms with van der Waals surface area (Å²) in [5.74, 6) is 1.06. The fraction of sp³-hybridized carbons (Fsp3) is 0.188. The maximum Gasteiger partial charge on any atom is 0.248 e. The molecule has 2 aromatic rings. The first-order valence-corrected chi connectivity index (χ1v) is 6.44. The number of benzene rings is 2. The van der Waals surface area contributed by atoms with E-state index >= 15 is 0 Å². The van der Waals surface area contributed by atoms with Crippen molar-refractivity contribution in [2.75, 3.05) is 6.61 Å². The molecule has 20 heavy (non-hydrogen) atoms. The summed E-state index contributed by atoms with van der Waals surface area (Å²) in [4.78, 5) is 11.0. The second-order valence-electron chi connectivity index (χ2n) is 4.22. The Balaban J connectivity index is 2.03. The van der Waals surface area contributed by atoms with Crippen LogP contribution in [0.2, 0.25) is 0 Å². The predicted octanol–water partition coefficient (Wildman–Crippen LogP) is 2.76. The summed E-state index contributed by atoms with van der Waals surface area (Å²) < 4.78 is 11.2. The highest BCUT2D eigenvalue weighted by Gasteiger charge is 2.04. The van der Waals surface area contributed by atoms with Gasteiger partial charge in [-0.05, 0) is 37.3 Å². The van der Waals surface area contributed by atoms with E-state index in [0.29, 0.717) is 24.5 Å².